The van der Waals surface area contributed by atoms with E-state index < -0.39 is 0 Å². The van der Waals surface area contributed by atoms with Crippen LogP contribution in [0.4, 0.5) is 0 Å². The van der Waals surface area contributed by atoms with E-state index in [0.717, 1.165) is 11.3 Å². The van der Waals surface area contributed by atoms with Crippen molar-refractivity contribution >= 4 is 28.8 Å². The number of benzene rings is 1. The van der Waals surface area contributed by atoms with E-state index >= 15 is 0 Å². The molecule has 1 unspecified atom stereocenters. The molecule has 126 valence electrons. The van der Waals surface area contributed by atoms with Crippen LogP contribution in [0.25, 0.3) is 5.65 Å². The number of Topliss-reactive ketones (excluding diaryl/α,β-unsaturated/α-hetero) is 2. The molecule has 0 fully saturated rings. The van der Waals surface area contributed by atoms with Crippen LogP contribution >= 0.6 is 11.6 Å². The first-order valence-electron chi connectivity index (χ1n) is 8.12. The molecule has 0 bridgehead atoms. The Labute approximate surface area is 149 Å². The lowest BCUT2D eigenvalue weighted by atomic mass is 9.82. The average molecular weight is 354 g/mol. The summed E-state index contributed by atoms with van der Waals surface area (Å²) in [6.45, 7) is 3.29. The van der Waals surface area contributed by atoms with E-state index in [2.05, 4.69) is 10.1 Å². The van der Waals surface area contributed by atoms with E-state index in [9.17, 15) is 9.59 Å². The van der Waals surface area contributed by atoms with Gasteiger partial charge in [0.05, 0.1) is 22.5 Å². The highest BCUT2D eigenvalue weighted by Crippen LogP contribution is 2.34. The fourth-order valence-electron chi connectivity index (χ4n) is 3.61. The maximum absolute atomic E-state index is 12.6. The van der Waals surface area contributed by atoms with Gasteiger partial charge in [0.2, 0.25) is 0 Å². The molecule has 0 amide bonds. The predicted molar refractivity (Wildman–Crippen MR) is 94.6 cm³/mol. The zero-order valence-electron chi connectivity index (χ0n) is 13.9. The van der Waals surface area contributed by atoms with Gasteiger partial charge in [-0.05, 0) is 43.9 Å². The molecule has 0 saturated carbocycles. The van der Waals surface area contributed by atoms with Crippen molar-refractivity contribution in [1.29, 1.82) is 0 Å². The lowest BCUT2D eigenvalue weighted by molar-refractivity contribution is 0.0961. The molecule has 1 aliphatic rings. The first kappa shape index (κ1) is 16.0. The summed E-state index contributed by atoms with van der Waals surface area (Å²) in [6.07, 6.45) is 2.65. The monoisotopic (exact) mass is 353 g/mol. The van der Waals surface area contributed by atoms with Crippen LogP contribution in [-0.4, -0.2) is 26.2 Å². The Kier molecular flexibility index (Phi) is 3.69. The summed E-state index contributed by atoms with van der Waals surface area (Å²) in [5.41, 5.74) is 4.09. The number of halogens is 1. The molecule has 3 aromatic rings. The summed E-state index contributed by atoms with van der Waals surface area (Å²) in [7, 11) is 0. The van der Waals surface area contributed by atoms with Crippen LogP contribution in [0.2, 0.25) is 5.02 Å². The Morgan fingerprint density at radius 3 is 2.84 bits per heavy atom. The number of ketones is 2. The van der Waals surface area contributed by atoms with E-state index in [4.69, 9.17) is 11.6 Å². The number of aromatic nitrogens is 3. The van der Waals surface area contributed by atoms with E-state index in [1.54, 1.807) is 17.6 Å². The number of hydrogen-bond donors (Lipinski definition) is 0. The van der Waals surface area contributed by atoms with Gasteiger partial charge in [0.15, 0.2) is 17.2 Å². The van der Waals surface area contributed by atoms with E-state index in [0.29, 0.717) is 40.3 Å². The zero-order valence-corrected chi connectivity index (χ0v) is 14.7. The Hall–Kier alpha value is -2.53. The van der Waals surface area contributed by atoms with Gasteiger partial charge in [-0.2, -0.15) is 5.10 Å². The second kappa shape index (κ2) is 5.77. The summed E-state index contributed by atoms with van der Waals surface area (Å²) < 4.78 is 1.66. The van der Waals surface area contributed by atoms with Crippen LogP contribution in [0, 0.1) is 6.92 Å². The molecule has 0 saturated heterocycles. The summed E-state index contributed by atoms with van der Waals surface area (Å²) in [5, 5.41) is 5.14. The van der Waals surface area contributed by atoms with Gasteiger partial charge >= 0.3 is 0 Å². The van der Waals surface area contributed by atoms with Crippen molar-refractivity contribution in [1.82, 2.24) is 14.6 Å². The maximum atomic E-state index is 12.6. The fourth-order valence-corrected chi connectivity index (χ4v) is 3.81. The third kappa shape index (κ3) is 2.55. The quantitative estimate of drug-likeness (QED) is 0.657. The number of fused-ring (bicyclic) bond motifs is 3. The SMILES string of the molecule is CC(=O)c1c(C)nn2c3c(cnc12)C(=O)CC(c1cccc(Cl)c1)C3. The minimum atomic E-state index is -0.0755. The molecule has 1 aromatic carbocycles. The highest BCUT2D eigenvalue weighted by Gasteiger charge is 2.30. The zero-order chi connectivity index (χ0) is 17.7. The predicted octanol–water partition coefficient (Wildman–Crippen LogP) is 3.81. The van der Waals surface area contributed by atoms with E-state index in [1.165, 1.54) is 6.92 Å². The van der Waals surface area contributed by atoms with Crippen molar-refractivity contribution in [3.8, 4) is 0 Å². The van der Waals surface area contributed by atoms with Gasteiger partial charge < -0.3 is 0 Å². The normalized spacial score (nSPS) is 16.9. The molecule has 0 N–H and O–H groups in total. The van der Waals surface area contributed by atoms with Crippen LogP contribution in [-0.2, 0) is 6.42 Å². The van der Waals surface area contributed by atoms with Gasteiger partial charge in [0, 0.05) is 17.6 Å². The molecule has 6 heteroatoms. The molecule has 25 heavy (non-hydrogen) atoms. The molecule has 2 heterocycles. The van der Waals surface area contributed by atoms with Crippen LogP contribution < -0.4 is 0 Å². The minimum Gasteiger partial charge on any atom is -0.294 e. The first-order valence-corrected chi connectivity index (χ1v) is 8.50. The lowest BCUT2D eigenvalue weighted by Gasteiger charge is -2.24. The maximum Gasteiger partial charge on any atom is 0.166 e. The topological polar surface area (TPSA) is 64.3 Å². The number of aryl methyl sites for hydroxylation is 1. The number of nitrogens with zero attached hydrogens (tertiary/aromatic N) is 3. The Morgan fingerprint density at radius 2 is 2.12 bits per heavy atom. The number of carbonyl (C=O) groups excluding carboxylic acids is 2. The molecule has 5 nitrogen and oxygen atoms in total. The number of hydrogen-bond acceptors (Lipinski definition) is 4. The Balaban J connectivity index is 1.88. The molecule has 1 atom stereocenters. The smallest absolute Gasteiger partial charge is 0.166 e. The van der Waals surface area contributed by atoms with Crippen LogP contribution in [0.1, 0.15) is 56.9 Å². The Bertz CT molecular complexity index is 1040. The third-order valence-electron chi connectivity index (χ3n) is 4.76. The van der Waals surface area contributed by atoms with Crippen molar-refractivity contribution in [2.45, 2.75) is 32.6 Å². The standard InChI is InChI=1S/C19H16ClN3O2/c1-10-18(11(2)24)19-21-9-15-16(23(19)22-10)7-13(8-17(15)25)12-4-3-5-14(20)6-12/h3-6,9,13H,7-8H2,1-2H3. The van der Waals surface area contributed by atoms with Gasteiger partial charge in [-0.25, -0.2) is 9.50 Å². The number of rotatable bonds is 2. The molecule has 0 radical (unpaired) electrons. The molecule has 4 rings (SSSR count). The average Bonchev–Trinajstić information content (AvgIpc) is 2.91. The highest BCUT2D eigenvalue weighted by molar-refractivity contribution is 6.30. The molecule has 1 aliphatic carbocycles. The van der Waals surface area contributed by atoms with Gasteiger partial charge in [0.25, 0.3) is 0 Å². The van der Waals surface area contributed by atoms with E-state index in [1.807, 2.05) is 24.3 Å². The molecule has 2 aromatic heterocycles. The van der Waals surface area contributed by atoms with Crippen LogP contribution in [0.3, 0.4) is 0 Å². The summed E-state index contributed by atoms with van der Waals surface area (Å²) >= 11 is 6.10. The second-order valence-electron chi connectivity index (χ2n) is 6.45. The molecule has 0 spiro atoms. The van der Waals surface area contributed by atoms with Crippen molar-refractivity contribution in [2.75, 3.05) is 0 Å². The van der Waals surface area contributed by atoms with E-state index in [-0.39, 0.29) is 17.5 Å². The molecular weight excluding hydrogens is 338 g/mol. The van der Waals surface area contributed by atoms with Crippen molar-refractivity contribution in [3.63, 3.8) is 0 Å². The number of carbonyl (C=O) groups is 2. The Morgan fingerprint density at radius 1 is 1.32 bits per heavy atom. The van der Waals surface area contributed by atoms with Crippen LogP contribution in [0.5, 0.6) is 0 Å². The highest BCUT2D eigenvalue weighted by atomic mass is 35.5. The fraction of sp³-hybridized carbons (Fsp3) is 0.263. The summed E-state index contributed by atoms with van der Waals surface area (Å²) in [6, 6.07) is 7.61. The first-order chi connectivity index (χ1) is 12.0. The largest absolute Gasteiger partial charge is 0.294 e. The van der Waals surface area contributed by atoms with Crippen molar-refractivity contribution in [3.05, 3.63) is 63.6 Å². The summed E-state index contributed by atoms with van der Waals surface area (Å²) in [4.78, 5) is 28.9. The third-order valence-corrected chi connectivity index (χ3v) is 5.00. The van der Waals surface area contributed by atoms with Crippen molar-refractivity contribution in [2.24, 2.45) is 0 Å². The summed E-state index contributed by atoms with van der Waals surface area (Å²) in [5.74, 6) is 0.00112. The molecule has 0 aliphatic heterocycles. The molecular formula is C19H16ClN3O2. The minimum absolute atomic E-state index is 0.0367. The van der Waals surface area contributed by atoms with Crippen LogP contribution in [0.15, 0.2) is 30.5 Å². The van der Waals surface area contributed by atoms with Gasteiger partial charge in [-0.1, -0.05) is 23.7 Å². The lowest BCUT2D eigenvalue weighted by Crippen LogP contribution is -2.22. The van der Waals surface area contributed by atoms with Crippen molar-refractivity contribution < 1.29 is 9.59 Å². The second-order valence-corrected chi connectivity index (χ2v) is 6.89. The van der Waals surface area contributed by atoms with Gasteiger partial charge in [-0.15, -0.1) is 0 Å². The van der Waals surface area contributed by atoms with Gasteiger partial charge in [0.1, 0.15) is 0 Å². The van der Waals surface area contributed by atoms with Gasteiger partial charge in [-0.3, -0.25) is 9.59 Å².